The van der Waals surface area contributed by atoms with Gasteiger partial charge in [-0.05, 0) is 24.1 Å². The van der Waals surface area contributed by atoms with Gasteiger partial charge in [0.1, 0.15) is 16.5 Å². The van der Waals surface area contributed by atoms with Crippen LogP contribution in [0.2, 0.25) is 0 Å². The lowest BCUT2D eigenvalue weighted by atomic mass is 10.2. The first-order valence-electron chi connectivity index (χ1n) is 5.98. The maximum atomic E-state index is 13.4. The summed E-state index contributed by atoms with van der Waals surface area (Å²) in [6.45, 7) is 0.142. The molecule has 2 rings (SSSR count). The highest BCUT2D eigenvalue weighted by Gasteiger charge is 2.18. The van der Waals surface area contributed by atoms with Gasteiger partial charge in [0, 0.05) is 12.6 Å². The number of benzene rings is 2. The van der Waals surface area contributed by atoms with Crippen LogP contribution < -0.4 is 4.72 Å². The molecular weight excluding hydrogens is 284 g/mol. The van der Waals surface area contributed by atoms with E-state index in [0.29, 0.717) is 12.5 Å². The zero-order chi connectivity index (χ0) is 14.6. The minimum absolute atomic E-state index is 0.142. The number of halogens is 2. The zero-order valence-electron chi connectivity index (χ0n) is 10.5. The van der Waals surface area contributed by atoms with Crippen molar-refractivity contribution in [2.24, 2.45) is 0 Å². The lowest BCUT2D eigenvalue weighted by molar-refractivity contribution is 0.543. The molecule has 3 nitrogen and oxygen atoms in total. The average molecular weight is 297 g/mol. The summed E-state index contributed by atoms with van der Waals surface area (Å²) in [5.41, 5.74) is 0.967. The highest BCUT2D eigenvalue weighted by atomic mass is 32.2. The van der Waals surface area contributed by atoms with E-state index in [1.54, 1.807) is 0 Å². The summed E-state index contributed by atoms with van der Waals surface area (Å²) >= 11 is 0. The van der Waals surface area contributed by atoms with Gasteiger partial charge in [0.15, 0.2) is 0 Å². The molecule has 0 amide bonds. The van der Waals surface area contributed by atoms with Crippen LogP contribution in [0.4, 0.5) is 8.78 Å². The van der Waals surface area contributed by atoms with Crippen molar-refractivity contribution in [3.63, 3.8) is 0 Å². The molecule has 0 heterocycles. The summed E-state index contributed by atoms with van der Waals surface area (Å²) in [7, 11) is -3.97. The maximum Gasteiger partial charge on any atom is 0.243 e. The Labute approximate surface area is 116 Å². The third-order valence-corrected chi connectivity index (χ3v) is 4.23. The maximum absolute atomic E-state index is 13.4. The third kappa shape index (κ3) is 3.61. The van der Waals surface area contributed by atoms with Crippen LogP contribution in [-0.4, -0.2) is 15.0 Å². The van der Waals surface area contributed by atoms with E-state index in [2.05, 4.69) is 4.72 Å². The molecule has 0 radical (unpaired) electrons. The van der Waals surface area contributed by atoms with Gasteiger partial charge >= 0.3 is 0 Å². The quantitative estimate of drug-likeness (QED) is 0.921. The number of hydrogen-bond donors (Lipinski definition) is 1. The van der Waals surface area contributed by atoms with Crippen molar-refractivity contribution < 1.29 is 17.2 Å². The molecule has 0 fully saturated rings. The molecule has 0 atom stereocenters. The minimum Gasteiger partial charge on any atom is -0.211 e. The van der Waals surface area contributed by atoms with Gasteiger partial charge in [0.25, 0.3) is 0 Å². The molecule has 106 valence electrons. The molecule has 0 saturated carbocycles. The van der Waals surface area contributed by atoms with Gasteiger partial charge in [-0.15, -0.1) is 0 Å². The van der Waals surface area contributed by atoms with Crippen molar-refractivity contribution in [1.29, 1.82) is 0 Å². The Morgan fingerprint density at radius 3 is 2.35 bits per heavy atom. The Balaban J connectivity index is 2.04. The first-order valence-corrected chi connectivity index (χ1v) is 7.46. The zero-order valence-corrected chi connectivity index (χ0v) is 11.3. The molecule has 0 saturated heterocycles. The summed E-state index contributed by atoms with van der Waals surface area (Å²) in [5.74, 6) is -1.91. The van der Waals surface area contributed by atoms with Gasteiger partial charge in [-0.2, -0.15) is 0 Å². The molecule has 0 aliphatic carbocycles. The van der Waals surface area contributed by atoms with Crippen molar-refractivity contribution in [2.45, 2.75) is 11.3 Å². The predicted octanol–water partition coefficient (Wildman–Crippen LogP) is 2.49. The average Bonchev–Trinajstić information content (AvgIpc) is 2.39. The fourth-order valence-corrected chi connectivity index (χ4v) is 2.83. The minimum atomic E-state index is -3.97. The molecule has 2 aromatic rings. The normalized spacial score (nSPS) is 11.5. The fraction of sp³-hybridized carbons (Fsp3) is 0.143. The lowest BCUT2D eigenvalue weighted by Gasteiger charge is -2.07. The van der Waals surface area contributed by atoms with Gasteiger partial charge in [0.2, 0.25) is 10.0 Å². The Morgan fingerprint density at radius 1 is 1.00 bits per heavy atom. The third-order valence-electron chi connectivity index (χ3n) is 2.73. The van der Waals surface area contributed by atoms with Crippen LogP contribution in [0.1, 0.15) is 5.56 Å². The molecule has 0 aliphatic rings. The van der Waals surface area contributed by atoms with Gasteiger partial charge in [-0.1, -0.05) is 30.3 Å². The monoisotopic (exact) mass is 297 g/mol. The van der Waals surface area contributed by atoms with Crippen LogP contribution in [0.25, 0.3) is 0 Å². The van der Waals surface area contributed by atoms with Crippen LogP contribution >= 0.6 is 0 Å². The van der Waals surface area contributed by atoms with Gasteiger partial charge in [0.05, 0.1) is 0 Å². The van der Waals surface area contributed by atoms with Gasteiger partial charge in [-0.25, -0.2) is 21.9 Å². The smallest absolute Gasteiger partial charge is 0.211 e. The molecule has 0 aromatic heterocycles. The largest absolute Gasteiger partial charge is 0.243 e. The number of nitrogens with one attached hydrogen (secondary N) is 1. The van der Waals surface area contributed by atoms with E-state index in [4.69, 9.17) is 0 Å². The highest BCUT2D eigenvalue weighted by molar-refractivity contribution is 7.89. The van der Waals surface area contributed by atoms with Crippen molar-refractivity contribution in [3.05, 3.63) is 65.7 Å². The lowest BCUT2D eigenvalue weighted by Crippen LogP contribution is -2.26. The van der Waals surface area contributed by atoms with E-state index in [-0.39, 0.29) is 6.54 Å². The molecule has 2 aromatic carbocycles. The Morgan fingerprint density at radius 2 is 1.70 bits per heavy atom. The van der Waals surface area contributed by atoms with Gasteiger partial charge in [-0.3, -0.25) is 0 Å². The second kappa shape index (κ2) is 6.11. The van der Waals surface area contributed by atoms with E-state index in [0.717, 1.165) is 17.7 Å². The van der Waals surface area contributed by atoms with Crippen LogP contribution in [0.3, 0.4) is 0 Å². The van der Waals surface area contributed by atoms with E-state index in [9.17, 15) is 17.2 Å². The predicted molar refractivity (Wildman–Crippen MR) is 71.7 cm³/mol. The topological polar surface area (TPSA) is 46.2 Å². The van der Waals surface area contributed by atoms with E-state index < -0.39 is 26.6 Å². The number of sulfonamides is 1. The van der Waals surface area contributed by atoms with Crippen molar-refractivity contribution >= 4 is 10.0 Å². The van der Waals surface area contributed by atoms with Crippen LogP contribution in [-0.2, 0) is 16.4 Å². The van der Waals surface area contributed by atoms with Gasteiger partial charge < -0.3 is 0 Å². The molecule has 0 unspecified atom stereocenters. The molecule has 0 spiro atoms. The fourth-order valence-electron chi connectivity index (χ4n) is 1.75. The van der Waals surface area contributed by atoms with E-state index in [1.165, 1.54) is 0 Å². The summed E-state index contributed by atoms with van der Waals surface area (Å²) in [6.07, 6.45) is 0.489. The molecule has 6 heteroatoms. The molecule has 1 N–H and O–H groups in total. The first kappa shape index (κ1) is 14.6. The second-order valence-electron chi connectivity index (χ2n) is 4.21. The van der Waals surface area contributed by atoms with Crippen LogP contribution in [0.15, 0.2) is 53.4 Å². The van der Waals surface area contributed by atoms with E-state index >= 15 is 0 Å². The summed E-state index contributed by atoms with van der Waals surface area (Å²) in [4.78, 5) is -0.549. The standard InChI is InChI=1S/C14H13F2NO2S/c15-12-6-7-14(13(16)10-12)20(18,19)17-9-8-11-4-2-1-3-5-11/h1-7,10,17H,8-9H2. The Hall–Kier alpha value is -1.79. The molecule has 0 bridgehead atoms. The summed E-state index contributed by atoms with van der Waals surface area (Å²) < 4.78 is 52.2. The summed E-state index contributed by atoms with van der Waals surface area (Å²) in [5, 5.41) is 0. The number of rotatable bonds is 5. The molecule has 0 aliphatic heterocycles. The van der Waals surface area contributed by atoms with Crippen molar-refractivity contribution in [2.75, 3.05) is 6.54 Å². The first-order chi connectivity index (χ1) is 9.49. The number of hydrogen-bond acceptors (Lipinski definition) is 2. The second-order valence-corrected chi connectivity index (χ2v) is 5.94. The van der Waals surface area contributed by atoms with Crippen LogP contribution in [0, 0.1) is 11.6 Å². The highest BCUT2D eigenvalue weighted by Crippen LogP contribution is 2.15. The molecule has 20 heavy (non-hydrogen) atoms. The van der Waals surface area contributed by atoms with E-state index in [1.807, 2.05) is 30.3 Å². The summed E-state index contributed by atoms with van der Waals surface area (Å²) in [6, 6.07) is 11.7. The van der Waals surface area contributed by atoms with Crippen LogP contribution in [0.5, 0.6) is 0 Å². The SMILES string of the molecule is O=S(=O)(NCCc1ccccc1)c1ccc(F)cc1F. The Bertz CT molecular complexity index is 688. The molecular formula is C14H13F2NO2S. The van der Waals surface area contributed by atoms with Crippen molar-refractivity contribution in [1.82, 2.24) is 4.72 Å². The van der Waals surface area contributed by atoms with Crippen molar-refractivity contribution in [3.8, 4) is 0 Å². The Kier molecular flexibility index (Phi) is 4.46.